The lowest BCUT2D eigenvalue weighted by Crippen LogP contribution is -2.29. The Labute approximate surface area is 182 Å². The van der Waals surface area contributed by atoms with E-state index < -0.39 is 16.9 Å². The number of hydrogen-bond donors (Lipinski definition) is 0. The number of aryl methyl sites for hydroxylation is 2. The third kappa shape index (κ3) is 2.90. The maximum atomic E-state index is 13.6. The molecular weight excluding hydrogens is 408 g/mol. The van der Waals surface area contributed by atoms with Crippen LogP contribution in [-0.4, -0.2) is 10.8 Å². The predicted octanol–water partition coefficient (Wildman–Crippen LogP) is 5.07. The van der Waals surface area contributed by atoms with Crippen LogP contribution in [0, 0.1) is 24.0 Å². The molecule has 0 saturated carbocycles. The van der Waals surface area contributed by atoms with Crippen LogP contribution in [0.5, 0.6) is 0 Å². The molecule has 0 spiro atoms. The standard InChI is InChI=1S/C25H18N2O5/c1-14-10-11-17(12-15(14)2)26-22(16-6-5-7-18(13-16)27(30)31)21-23(28)19-8-3-4-9-20(19)32-24(21)25(26)29/h3-13,22H,1-2H3. The number of carbonyl (C=O) groups excluding carboxylic acids is 1. The number of carbonyl (C=O) groups is 1. The van der Waals surface area contributed by atoms with E-state index in [1.165, 1.54) is 17.0 Å². The number of amides is 1. The van der Waals surface area contributed by atoms with Gasteiger partial charge in [-0.05, 0) is 54.8 Å². The second-order valence-electron chi connectivity index (χ2n) is 7.87. The van der Waals surface area contributed by atoms with E-state index >= 15 is 0 Å². The summed E-state index contributed by atoms with van der Waals surface area (Å²) in [5.74, 6) is -0.494. The molecule has 4 aromatic rings. The van der Waals surface area contributed by atoms with E-state index in [1.54, 1.807) is 42.5 Å². The van der Waals surface area contributed by atoms with Crippen molar-refractivity contribution < 1.29 is 14.1 Å². The van der Waals surface area contributed by atoms with Crippen LogP contribution in [0.2, 0.25) is 0 Å². The Morgan fingerprint density at radius 1 is 0.938 bits per heavy atom. The molecule has 7 nitrogen and oxygen atoms in total. The monoisotopic (exact) mass is 426 g/mol. The molecule has 0 saturated heterocycles. The van der Waals surface area contributed by atoms with Gasteiger partial charge in [-0.15, -0.1) is 0 Å². The number of nitrogens with zero attached hydrogens (tertiary/aromatic N) is 2. The van der Waals surface area contributed by atoms with Crippen molar-refractivity contribution >= 4 is 28.3 Å². The summed E-state index contributed by atoms with van der Waals surface area (Å²) in [6.45, 7) is 3.90. The Hall–Kier alpha value is -4.26. The molecule has 1 amide bonds. The molecule has 7 heteroatoms. The Morgan fingerprint density at radius 3 is 2.47 bits per heavy atom. The predicted molar refractivity (Wildman–Crippen MR) is 120 cm³/mol. The molecule has 1 aliphatic rings. The summed E-state index contributed by atoms with van der Waals surface area (Å²) in [7, 11) is 0. The summed E-state index contributed by atoms with van der Waals surface area (Å²) in [6.07, 6.45) is 0. The number of nitro groups is 1. The molecule has 1 aromatic heterocycles. The summed E-state index contributed by atoms with van der Waals surface area (Å²) in [5, 5.41) is 11.8. The van der Waals surface area contributed by atoms with Gasteiger partial charge in [0.15, 0.2) is 5.43 Å². The highest BCUT2D eigenvalue weighted by Gasteiger charge is 2.44. The van der Waals surface area contributed by atoms with Gasteiger partial charge in [-0.2, -0.15) is 0 Å². The minimum atomic E-state index is -0.847. The summed E-state index contributed by atoms with van der Waals surface area (Å²) in [4.78, 5) is 39.4. The molecular formula is C25H18N2O5. The van der Waals surface area contributed by atoms with Crippen LogP contribution in [0.1, 0.15) is 38.9 Å². The number of hydrogen-bond acceptors (Lipinski definition) is 5. The van der Waals surface area contributed by atoms with Crippen LogP contribution in [0.25, 0.3) is 11.0 Å². The fourth-order valence-electron chi connectivity index (χ4n) is 4.19. The fraction of sp³-hybridized carbons (Fsp3) is 0.120. The Kier molecular flexibility index (Phi) is 4.41. The number of para-hydroxylation sites is 1. The molecule has 5 rings (SSSR count). The largest absolute Gasteiger partial charge is 0.450 e. The van der Waals surface area contributed by atoms with E-state index in [4.69, 9.17) is 4.42 Å². The Morgan fingerprint density at radius 2 is 1.72 bits per heavy atom. The van der Waals surface area contributed by atoms with Crippen molar-refractivity contribution in [3.05, 3.63) is 115 Å². The molecule has 0 aliphatic carbocycles. The highest BCUT2D eigenvalue weighted by atomic mass is 16.6. The maximum Gasteiger partial charge on any atom is 0.295 e. The summed E-state index contributed by atoms with van der Waals surface area (Å²) in [6, 6.07) is 17.5. The van der Waals surface area contributed by atoms with Crippen molar-refractivity contribution in [3.8, 4) is 0 Å². The molecule has 0 fully saturated rings. The number of fused-ring (bicyclic) bond motifs is 2. The number of anilines is 1. The Bertz CT molecular complexity index is 1490. The normalized spacial score (nSPS) is 15.2. The van der Waals surface area contributed by atoms with Gasteiger partial charge in [-0.25, -0.2) is 0 Å². The van der Waals surface area contributed by atoms with Gasteiger partial charge in [0.1, 0.15) is 5.58 Å². The number of benzene rings is 3. The zero-order chi connectivity index (χ0) is 22.6. The van der Waals surface area contributed by atoms with Gasteiger partial charge in [0, 0.05) is 17.8 Å². The van der Waals surface area contributed by atoms with Gasteiger partial charge in [0.05, 0.1) is 21.9 Å². The molecule has 0 bridgehead atoms. The van der Waals surface area contributed by atoms with E-state index in [1.807, 2.05) is 26.0 Å². The van der Waals surface area contributed by atoms with Gasteiger partial charge in [-0.3, -0.25) is 24.6 Å². The first kappa shape index (κ1) is 19.7. The molecule has 1 aliphatic heterocycles. The average Bonchev–Trinajstić information content (AvgIpc) is 3.08. The van der Waals surface area contributed by atoms with Gasteiger partial charge in [0.2, 0.25) is 5.76 Å². The molecule has 2 heterocycles. The topological polar surface area (TPSA) is 93.7 Å². The second kappa shape index (κ2) is 7.16. The minimum absolute atomic E-state index is 0.0385. The minimum Gasteiger partial charge on any atom is -0.450 e. The summed E-state index contributed by atoms with van der Waals surface area (Å²) in [5.41, 5.74) is 3.17. The second-order valence-corrected chi connectivity index (χ2v) is 7.87. The molecule has 0 radical (unpaired) electrons. The van der Waals surface area contributed by atoms with Crippen LogP contribution in [0.3, 0.4) is 0 Å². The maximum absolute atomic E-state index is 13.6. The third-order valence-electron chi connectivity index (χ3n) is 5.94. The molecule has 32 heavy (non-hydrogen) atoms. The van der Waals surface area contributed by atoms with Crippen LogP contribution < -0.4 is 10.3 Å². The average molecular weight is 426 g/mol. The van der Waals surface area contributed by atoms with Crippen LogP contribution in [0.4, 0.5) is 11.4 Å². The molecule has 158 valence electrons. The number of rotatable bonds is 3. The van der Waals surface area contributed by atoms with Crippen LogP contribution in [-0.2, 0) is 0 Å². The SMILES string of the molecule is Cc1ccc(N2C(=O)c3oc4ccccc4c(=O)c3C2c2cccc([N+](=O)[O-])c2)cc1C. The zero-order valence-electron chi connectivity index (χ0n) is 17.4. The lowest BCUT2D eigenvalue weighted by Gasteiger charge is -2.25. The van der Waals surface area contributed by atoms with Crippen LogP contribution in [0.15, 0.2) is 75.9 Å². The van der Waals surface area contributed by atoms with Gasteiger partial charge >= 0.3 is 0 Å². The fourth-order valence-corrected chi connectivity index (χ4v) is 4.19. The Balaban J connectivity index is 1.82. The highest BCUT2D eigenvalue weighted by Crippen LogP contribution is 2.42. The first-order valence-corrected chi connectivity index (χ1v) is 10.1. The summed E-state index contributed by atoms with van der Waals surface area (Å²) >= 11 is 0. The van der Waals surface area contributed by atoms with E-state index in [9.17, 15) is 19.7 Å². The quantitative estimate of drug-likeness (QED) is 0.337. The molecule has 0 N–H and O–H groups in total. The molecule has 1 unspecified atom stereocenters. The van der Waals surface area contributed by atoms with E-state index in [0.29, 0.717) is 22.2 Å². The lowest BCUT2D eigenvalue weighted by molar-refractivity contribution is -0.384. The van der Waals surface area contributed by atoms with Crippen molar-refractivity contribution in [2.24, 2.45) is 0 Å². The van der Waals surface area contributed by atoms with Crippen molar-refractivity contribution in [3.63, 3.8) is 0 Å². The number of non-ortho nitro benzene ring substituents is 1. The summed E-state index contributed by atoms with van der Waals surface area (Å²) < 4.78 is 5.91. The van der Waals surface area contributed by atoms with E-state index in [0.717, 1.165) is 11.1 Å². The smallest absolute Gasteiger partial charge is 0.295 e. The van der Waals surface area contributed by atoms with Gasteiger partial charge in [-0.1, -0.05) is 30.3 Å². The molecule has 1 atom stereocenters. The first-order valence-electron chi connectivity index (χ1n) is 10.1. The van der Waals surface area contributed by atoms with Crippen LogP contribution >= 0.6 is 0 Å². The first-order chi connectivity index (χ1) is 15.4. The van der Waals surface area contributed by atoms with Crippen molar-refractivity contribution in [2.45, 2.75) is 19.9 Å². The van der Waals surface area contributed by atoms with E-state index in [-0.39, 0.29) is 22.4 Å². The number of nitro benzene ring substituents is 1. The zero-order valence-corrected chi connectivity index (χ0v) is 17.4. The van der Waals surface area contributed by atoms with E-state index in [2.05, 4.69) is 0 Å². The van der Waals surface area contributed by atoms with Crippen molar-refractivity contribution in [1.82, 2.24) is 0 Å². The van der Waals surface area contributed by atoms with Gasteiger partial charge < -0.3 is 4.42 Å². The van der Waals surface area contributed by atoms with Gasteiger partial charge in [0.25, 0.3) is 11.6 Å². The third-order valence-corrected chi connectivity index (χ3v) is 5.94. The van der Waals surface area contributed by atoms with Crippen molar-refractivity contribution in [1.29, 1.82) is 0 Å². The lowest BCUT2D eigenvalue weighted by atomic mass is 9.97. The highest BCUT2D eigenvalue weighted by molar-refractivity contribution is 6.10. The van der Waals surface area contributed by atoms with Crippen molar-refractivity contribution in [2.75, 3.05) is 4.90 Å². The molecule has 3 aromatic carbocycles.